The highest BCUT2D eigenvalue weighted by atomic mass is 32.1. The number of amidine groups is 2. The van der Waals surface area contributed by atoms with Crippen LogP contribution in [0.4, 0.5) is 0 Å². The first kappa shape index (κ1) is 32.4. The third-order valence-corrected chi connectivity index (χ3v) is 12.1. The number of hydrogen-bond acceptors (Lipinski definition) is 4. The smallest absolute Gasteiger partial charge is 0.159 e. The molecule has 1 unspecified atom stereocenters. The molecule has 0 fully saturated rings. The largest absolute Gasteiger partial charge is 0.344 e. The fourth-order valence-corrected chi connectivity index (χ4v) is 9.39. The quantitative estimate of drug-likeness (QED) is 0.182. The van der Waals surface area contributed by atoms with E-state index < -0.39 is 0 Å². The van der Waals surface area contributed by atoms with Crippen molar-refractivity contribution < 1.29 is 0 Å². The number of nitrogens with zero attached hydrogens (tertiary/aromatic N) is 3. The van der Waals surface area contributed by atoms with Crippen LogP contribution in [0.5, 0.6) is 0 Å². The van der Waals surface area contributed by atoms with Crippen LogP contribution in [0.15, 0.2) is 204 Å². The summed E-state index contributed by atoms with van der Waals surface area (Å²) in [6, 6.07) is 69.2. The lowest BCUT2D eigenvalue weighted by Gasteiger charge is -2.24. The zero-order chi connectivity index (χ0) is 37.0. The lowest BCUT2D eigenvalue weighted by atomic mass is 10.0. The molecule has 0 bridgehead atoms. The summed E-state index contributed by atoms with van der Waals surface area (Å²) in [4.78, 5) is 10.5. The predicted octanol–water partition coefficient (Wildman–Crippen LogP) is 13.0. The molecular weight excluding hydrogens is 701 g/mol. The molecule has 5 heteroatoms. The molecule has 0 amide bonds. The molecular formula is C51H34N4S. The Labute approximate surface area is 328 Å². The maximum atomic E-state index is 5.27. The summed E-state index contributed by atoms with van der Waals surface area (Å²) in [6.07, 6.45) is -0.302. The number of hydrogen-bond donors (Lipinski definition) is 1. The van der Waals surface area contributed by atoms with Gasteiger partial charge in [-0.05, 0) is 58.7 Å². The van der Waals surface area contributed by atoms with Crippen molar-refractivity contribution >= 4 is 65.0 Å². The van der Waals surface area contributed by atoms with Crippen LogP contribution in [0, 0.1) is 0 Å². The SMILES string of the molecule is c1ccc(-c2cccc(C3=NC(c4ccc5c6ccccc6n(-c6cc(-c7ccccc7)c7sc8ccccc8c7c6)c5c4)=NC(c4ccccc4)N3)c2)cc1. The molecule has 1 atom stereocenters. The lowest BCUT2D eigenvalue weighted by molar-refractivity contribution is 0.674. The van der Waals surface area contributed by atoms with Crippen molar-refractivity contribution in [1.29, 1.82) is 0 Å². The maximum absolute atomic E-state index is 5.27. The molecule has 0 radical (unpaired) electrons. The van der Waals surface area contributed by atoms with Gasteiger partial charge in [0, 0.05) is 53.3 Å². The van der Waals surface area contributed by atoms with Crippen molar-refractivity contribution in [3.63, 3.8) is 0 Å². The minimum Gasteiger partial charge on any atom is -0.344 e. The number of thiophene rings is 1. The van der Waals surface area contributed by atoms with Crippen LogP contribution in [-0.2, 0) is 0 Å². The zero-order valence-corrected chi connectivity index (χ0v) is 31.1. The molecule has 11 rings (SSSR count). The van der Waals surface area contributed by atoms with Gasteiger partial charge in [0.25, 0.3) is 0 Å². The molecule has 0 saturated heterocycles. The highest BCUT2D eigenvalue weighted by Gasteiger charge is 2.23. The first-order valence-electron chi connectivity index (χ1n) is 18.9. The fourth-order valence-electron chi connectivity index (χ4n) is 8.17. The highest BCUT2D eigenvalue weighted by molar-refractivity contribution is 7.26. The fraction of sp³-hybridized carbons (Fsp3) is 0.0196. The van der Waals surface area contributed by atoms with Crippen molar-refractivity contribution in [3.8, 4) is 27.9 Å². The molecule has 10 aromatic rings. The molecule has 4 nitrogen and oxygen atoms in total. The summed E-state index contributed by atoms with van der Waals surface area (Å²) in [5.74, 6) is 1.49. The van der Waals surface area contributed by atoms with Gasteiger partial charge in [0.1, 0.15) is 12.0 Å². The van der Waals surface area contributed by atoms with Gasteiger partial charge in [-0.15, -0.1) is 11.3 Å². The second-order valence-corrected chi connectivity index (χ2v) is 15.3. The molecule has 1 aliphatic rings. The van der Waals surface area contributed by atoms with Crippen LogP contribution in [0.25, 0.3) is 69.9 Å². The van der Waals surface area contributed by atoms with Crippen molar-refractivity contribution in [1.82, 2.24) is 9.88 Å². The summed E-state index contributed by atoms with van der Waals surface area (Å²) < 4.78 is 5.02. The number of fused-ring (bicyclic) bond motifs is 6. The van der Waals surface area contributed by atoms with Gasteiger partial charge < -0.3 is 9.88 Å². The van der Waals surface area contributed by atoms with E-state index in [0.717, 1.165) is 44.8 Å². The van der Waals surface area contributed by atoms with Crippen molar-refractivity contribution in [2.45, 2.75) is 6.17 Å². The Morgan fingerprint density at radius 1 is 0.464 bits per heavy atom. The molecule has 56 heavy (non-hydrogen) atoms. The van der Waals surface area contributed by atoms with E-state index in [1.165, 1.54) is 47.6 Å². The van der Waals surface area contributed by atoms with E-state index in [4.69, 9.17) is 9.98 Å². The van der Waals surface area contributed by atoms with Gasteiger partial charge in [0.05, 0.1) is 11.0 Å². The van der Waals surface area contributed by atoms with Gasteiger partial charge >= 0.3 is 0 Å². The molecule has 264 valence electrons. The van der Waals surface area contributed by atoms with Crippen LogP contribution < -0.4 is 5.32 Å². The molecule has 0 aliphatic carbocycles. The van der Waals surface area contributed by atoms with Gasteiger partial charge in [-0.3, -0.25) is 0 Å². The molecule has 3 heterocycles. The normalized spacial score (nSPS) is 14.2. The van der Waals surface area contributed by atoms with Crippen molar-refractivity contribution in [2.75, 3.05) is 0 Å². The van der Waals surface area contributed by atoms with Crippen LogP contribution in [0.1, 0.15) is 22.9 Å². The molecule has 0 spiro atoms. The van der Waals surface area contributed by atoms with Gasteiger partial charge in [-0.2, -0.15) is 0 Å². The highest BCUT2D eigenvalue weighted by Crippen LogP contribution is 2.43. The monoisotopic (exact) mass is 734 g/mol. The van der Waals surface area contributed by atoms with Crippen molar-refractivity contribution in [2.24, 2.45) is 9.98 Å². The minimum atomic E-state index is -0.302. The Morgan fingerprint density at radius 3 is 1.95 bits per heavy atom. The third kappa shape index (κ3) is 5.52. The third-order valence-electron chi connectivity index (χ3n) is 10.8. The number of rotatable bonds is 6. The lowest BCUT2D eigenvalue weighted by Crippen LogP contribution is -2.33. The van der Waals surface area contributed by atoms with E-state index in [0.29, 0.717) is 5.84 Å². The Bertz CT molecular complexity index is 3160. The predicted molar refractivity (Wildman–Crippen MR) is 236 cm³/mol. The number of aliphatic imine (C=N–C) groups is 2. The van der Waals surface area contributed by atoms with Crippen LogP contribution in [0.3, 0.4) is 0 Å². The standard InChI is InChI=1S/C51H34N4S/c1-4-15-33(16-5-1)36-21-14-22-37(29-36)50-52-49(35-19-8-3-9-20-35)53-51(54-50)38-27-28-41-40-23-10-12-25-45(40)55(46(41)30-38)39-31-43(34-17-6-2-7-18-34)48-44(32-39)42-24-11-13-26-47(42)56-48/h1-32,49H,(H,52,53,54). The average molecular weight is 735 g/mol. The second-order valence-electron chi connectivity index (χ2n) is 14.2. The Morgan fingerprint density at radius 2 is 1.12 bits per heavy atom. The molecule has 0 saturated carbocycles. The summed E-state index contributed by atoms with van der Waals surface area (Å²) >= 11 is 1.87. The Hall–Kier alpha value is -7.08. The maximum Gasteiger partial charge on any atom is 0.159 e. The summed E-state index contributed by atoms with van der Waals surface area (Å²) in [7, 11) is 0. The number of aromatic nitrogens is 1. The molecule has 2 aromatic heterocycles. The Kier molecular flexibility index (Phi) is 7.71. The van der Waals surface area contributed by atoms with Gasteiger partial charge in [-0.25, -0.2) is 9.98 Å². The summed E-state index contributed by atoms with van der Waals surface area (Å²) in [5, 5.41) is 8.62. The Balaban J connectivity index is 1.12. The van der Waals surface area contributed by atoms with Crippen molar-refractivity contribution in [3.05, 3.63) is 211 Å². The van der Waals surface area contributed by atoms with Gasteiger partial charge in [0.2, 0.25) is 0 Å². The molecule has 1 N–H and O–H groups in total. The number of para-hydroxylation sites is 1. The van der Waals surface area contributed by atoms with Gasteiger partial charge in [-0.1, -0.05) is 158 Å². The van der Waals surface area contributed by atoms with E-state index in [1.807, 2.05) is 23.5 Å². The van der Waals surface area contributed by atoms with E-state index >= 15 is 0 Å². The topological polar surface area (TPSA) is 41.7 Å². The van der Waals surface area contributed by atoms with E-state index in [-0.39, 0.29) is 6.17 Å². The number of benzene rings is 8. The molecule has 8 aromatic carbocycles. The van der Waals surface area contributed by atoms with Crippen LogP contribution in [0.2, 0.25) is 0 Å². The molecule has 1 aliphatic heterocycles. The van der Waals surface area contributed by atoms with Gasteiger partial charge in [0.15, 0.2) is 5.84 Å². The van der Waals surface area contributed by atoms with E-state index in [9.17, 15) is 0 Å². The summed E-state index contributed by atoms with van der Waals surface area (Å²) in [5.41, 5.74) is 11.2. The summed E-state index contributed by atoms with van der Waals surface area (Å²) in [6.45, 7) is 0. The van der Waals surface area contributed by atoms with E-state index in [1.54, 1.807) is 0 Å². The second kappa shape index (κ2) is 13.3. The zero-order valence-electron chi connectivity index (χ0n) is 30.3. The minimum absolute atomic E-state index is 0.302. The van der Waals surface area contributed by atoms with Crippen LogP contribution >= 0.6 is 11.3 Å². The first-order chi connectivity index (χ1) is 27.7. The van der Waals surface area contributed by atoms with Crippen LogP contribution in [-0.4, -0.2) is 16.2 Å². The number of nitrogens with one attached hydrogen (secondary N) is 1. The van der Waals surface area contributed by atoms with E-state index in [2.05, 4.69) is 192 Å². The average Bonchev–Trinajstić information content (AvgIpc) is 3.82. The first-order valence-corrected chi connectivity index (χ1v) is 19.8.